The summed E-state index contributed by atoms with van der Waals surface area (Å²) in [4.78, 5) is 2.72. The van der Waals surface area contributed by atoms with Gasteiger partial charge in [0.15, 0.2) is 0 Å². The smallest absolute Gasteiger partial charge is 0.0223 e. The Morgan fingerprint density at radius 1 is 1.31 bits per heavy atom. The zero-order valence-electron chi connectivity index (χ0n) is 11.6. The van der Waals surface area contributed by atoms with E-state index in [-0.39, 0.29) is 0 Å². The molecule has 2 heteroatoms. The molecule has 1 aliphatic heterocycles. The van der Waals surface area contributed by atoms with Crippen molar-refractivity contribution in [1.29, 1.82) is 0 Å². The highest BCUT2D eigenvalue weighted by atomic mass is 15.2. The molecule has 0 spiro atoms. The lowest BCUT2D eigenvalue weighted by atomic mass is 9.98. The third kappa shape index (κ3) is 4.84. The largest absolute Gasteiger partial charge is 0.314 e. The monoisotopic (exact) mass is 226 g/mol. The molecule has 2 unspecified atom stereocenters. The molecule has 0 aliphatic carbocycles. The predicted molar refractivity (Wildman–Crippen MR) is 71.8 cm³/mol. The molecule has 1 rings (SSSR count). The number of hydrogen-bond donors (Lipinski definition) is 1. The van der Waals surface area contributed by atoms with Crippen LogP contribution in [0.2, 0.25) is 0 Å². The maximum Gasteiger partial charge on any atom is 0.0223 e. The standard InChI is InChI=1S/C14H30N2/c1-5-6-13(4)11-16-8-7-15-10-14(16)9-12(2)3/h12-15H,5-11H2,1-4H3. The highest BCUT2D eigenvalue weighted by Crippen LogP contribution is 2.16. The Morgan fingerprint density at radius 2 is 2.06 bits per heavy atom. The molecule has 96 valence electrons. The van der Waals surface area contributed by atoms with Crippen molar-refractivity contribution in [2.45, 2.75) is 53.0 Å². The van der Waals surface area contributed by atoms with E-state index in [9.17, 15) is 0 Å². The lowest BCUT2D eigenvalue weighted by molar-refractivity contribution is 0.121. The van der Waals surface area contributed by atoms with Crippen LogP contribution in [0.1, 0.15) is 47.0 Å². The fraction of sp³-hybridized carbons (Fsp3) is 1.00. The van der Waals surface area contributed by atoms with E-state index < -0.39 is 0 Å². The van der Waals surface area contributed by atoms with Gasteiger partial charge >= 0.3 is 0 Å². The SMILES string of the molecule is CCCC(C)CN1CCNCC1CC(C)C. The zero-order valence-corrected chi connectivity index (χ0v) is 11.6. The van der Waals surface area contributed by atoms with E-state index in [0.29, 0.717) is 0 Å². The third-order valence-electron chi connectivity index (χ3n) is 3.54. The van der Waals surface area contributed by atoms with Crippen molar-refractivity contribution >= 4 is 0 Å². The van der Waals surface area contributed by atoms with Crippen LogP contribution in [0, 0.1) is 11.8 Å². The quantitative estimate of drug-likeness (QED) is 0.749. The second-order valence-corrected chi connectivity index (χ2v) is 5.88. The second kappa shape index (κ2) is 7.29. The van der Waals surface area contributed by atoms with Crippen molar-refractivity contribution in [2.24, 2.45) is 11.8 Å². The summed E-state index contributed by atoms with van der Waals surface area (Å²) in [5.41, 5.74) is 0. The van der Waals surface area contributed by atoms with E-state index in [2.05, 4.69) is 37.9 Å². The minimum Gasteiger partial charge on any atom is -0.314 e. The molecule has 0 aromatic carbocycles. The Balaban J connectivity index is 2.40. The van der Waals surface area contributed by atoms with Gasteiger partial charge in [0, 0.05) is 32.2 Å². The lowest BCUT2D eigenvalue weighted by Gasteiger charge is -2.38. The molecular formula is C14H30N2. The van der Waals surface area contributed by atoms with Crippen molar-refractivity contribution in [3.8, 4) is 0 Å². The average molecular weight is 226 g/mol. The van der Waals surface area contributed by atoms with Gasteiger partial charge in [-0.15, -0.1) is 0 Å². The first-order valence-corrected chi connectivity index (χ1v) is 7.08. The van der Waals surface area contributed by atoms with Gasteiger partial charge in [-0.3, -0.25) is 4.90 Å². The Kier molecular flexibility index (Phi) is 6.37. The summed E-state index contributed by atoms with van der Waals surface area (Å²) in [6.45, 7) is 14.3. The molecule has 0 saturated carbocycles. The molecule has 0 bridgehead atoms. The van der Waals surface area contributed by atoms with Crippen molar-refractivity contribution in [3.05, 3.63) is 0 Å². The molecule has 0 aromatic rings. The summed E-state index contributed by atoms with van der Waals surface area (Å²) in [6.07, 6.45) is 4.03. The summed E-state index contributed by atoms with van der Waals surface area (Å²) >= 11 is 0. The number of nitrogens with zero attached hydrogens (tertiary/aromatic N) is 1. The van der Waals surface area contributed by atoms with Crippen LogP contribution in [0.5, 0.6) is 0 Å². The third-order valence-corrected chi connectivity index (χ3v) is 3.54. The number of piperazine rings is 1. The van der Waals surface area contributed by atoms with Crippen molar-refractivity contribution < 1.29 is 0 Å². The van der Waals surface area contributed by atoms with Gasteiger partial charge < -0.3 is 5.32 Å². The van der Waals surface area contributed by atoms with Crippen LogP contribution in [-0.2, 0) is 0 Å². The number of hydrogen-bond acceptors (Lipinski definition) is 2. The molecular weight excluding hydrogens is 196 g/mol. The van der Waals surface area contributed by atoms with E-state index in [0.717, 1.165) is 17.9 Å². The normalized spacial score (nSPS) is 24.9. The Hall–Kier alpha value is -0.0800. The van der Waals surface area contributed by atoms with Crippen LogP contribution >= 0.6 is 0 Å². The molecule has 0 radical (unpaired) electrons. The first-order valence-electron chi connectivity index (χ1n) is 7.08. The molecule has 2 atom stereocenters. The first-order chi connectivity index (χ1) is 7.63. The van der Waals surface area contributed by atoms with Gasteiger partial charge in [-0.2, -0.15) is 0 Å². The summed E-state index contributed by atoms with van der Waals surface area (Å²) in [5, 5.41) is 3.53. The van der Waals surface area contributed by atoms with Crippen molar-refractivity contribution in [3.63, 3.8) is 0 Å². The van der Waals surface area contributed by atoms with E-state index in [1.165, 1.54) is 45.4 Å². The minimum atomic E-state index is 0.771. The fourth-order valence-electron chi connectivity index (χ4n) is 2.80. The van der Waals surface area contributed by atoms with Gasteiger partial charge in [0.2, 0.25) is 0 Å². The van der Waals surface area contributed by atoms with Gasteiger partial charge in [-0.25, -0.2) is 0 Å². The van der Waals surface area contributed by atoms with Crippen molar-refractivity contribution in [2.75, 3.05) is 26.2 Å². The van der Waals surface area contributed by atoms with Crippen LogP contribution in [0.15, 0.2) is 0 Å². The summed E-state index contributed by atoms with van der Waals surface area (Å²) in [6, 6.07) is 0.771. The predicted octanol–water partition coefficient (Wildman–Crippen LogP) is 2.74. The van der Waals surface area contributed by atoms with Crippen molar-refractivity contribution in [1.82, 2.24) is 10.2 Å². The van der Waals surface area contributed by atoms with Gasteiger partial charge in [0.1, 0.15) is 0 Å². The van der Waals surface area contributed by atoms with Crippen LogP contribution < -0.4 is 5.32 Å². The van der Waals surface area contributed by atoms with E-state index in [1.54, 1.807) is 0 Å². The summed E-state index contributed by atoms with van der Waals surface area (Å²) in [7, 11) is 0. The molecule has 2 nitrogen and oxygen atoms in total. The van der Waals surface area contributed by atoms with Gasteiger partial charge in [-0.1, -0.05) is 34.1 Å². The molecule has 1 N–H and O–H groups in total. The summed E-state index contributed by atoms with van der Waals surface area (Å²) < 4.78 is 0. The van der Waals surface area contributed by atoms with Crippen LogP contribution in [0.25, 0.3) is 0 Å². The molecule has 16 heavy (non-hydrogen) atoms. The summed E-state index contributed by atoms with van der Waals surface area (Å²) in [5.74, 6) is 1.67. The first kappa shape index (κ1) is 14.0. The lowest BCUT2D eigenvalue weighted by Crippen LogP contribution is -2.52. The molecule has 1 fully saturated rings. The molecule has 0 aromatic heterocycles. The maximum absolute atomic E-state index is 3.53. The van der Waals surface area contributed by atoms with Crippen LogP contribution in [-0.4, -0.2) is 37.1 Å². The highest BCUT2D eigenvalue weighted by molar-refractivity contribution is 4.81. The van der Waals surface area contributed by atoms with Crippen LogP contribution in [0.3, 0.4) is 0 Å². The molecule has 1 aliphatic rings. The topological polar surface area (TPSA) is 15.3 Å². The Morgan fingerprint density at radius 3 is 2.69 bits per heavy atom. The zero-order chi connectivity index (χ0) is 12.0. The fourth-order valence-corrected chi connectivity index (χ4v) is 2.80. The van der Waals surface area contributed by atoms with Gasteiger partial charge in [0.25, 0.3) is 0 Å². The number of nitrogens with one attached hydrogen (secondary N) is 1. The van der Waals surface area contributed by atoms with E-state index in [1.807, 2.05) is 0 Å². The van der Waals surface area contributed by atoms with Crippen LogP contribution in [0.4, 0.5) is 0 Å². The maximum atomic E-state index is 3.53. The highest BCUT2D eigenvalue weighted by Gasteiger charge is 2.23. The van der Waals surface area contributed by atoms with E-state index in [4.69, 9.17) is 0 Å². The second-order valence-electron chi connectivity index (χ2n) is 5.88. The molecule has 1 heterocycles. The average Bonchev–Trinajstić information content (AvgIpc) is 2.20. The van der Waals surface area contributed by atoms with E-state index >= 15 is 0 Å². The van der Waals surface area contributed by atoms with Gasteiger partial charge in [0.05, 0.1) is 0 Å². The number of rotatable bonds is 6. The Bertz CT molecular complexity index is 180. The molecule has 1 saturated heterocycles. The Labute approximate surface area is 102 Å². The molecule has 0 amide bonds. The van der Waals surface area contributed by atoms with Gasteiger partial charge in [-0.05, 0) is 24.7 Å². The minimum absolute atomic E-state index is 0.771.